The highest BCUT2D eigenvalue weighted by Crippen LogP contribution is 2.23. The predicted molar refractivity (Wildman–Crippen MR) is 299 cm³/mol. The first-order valence-electron chi connectivity index (χ1n) is 29.0. The molecule has 0 aromatic carbocycles. The molecule has 1 aliphatic heterocycles. The molecular formula is C62H107NO8. The molecule has 0 spiro atoms. The van der Waals surface area contributed by atoms with Crippen LogP contribution in [-0.2, 0) is 14.3 Å². The minimum Gasteiger partial charge on any atom is -0.394 e. The van der Waals surface area contributed by atoms with Crippen molar-refractivity contribution in [3.05, 3.63) is 97.2 Å². The van der Waals surface area contributed by atoms with Crippen molar-refractivity contribution >= 4 is 5.91 Å². The predicted octanol–water partition coefficient (Wildman–Crippen LogP) is 14.4. The summed E-state index contributed by atoms with van der Waals surface area (Å²) >= 11 is 0. The number of rotatable bonds is 48. The molecule has 0 aromatic rings. The molecule has 0 aliphatic carbocycles. The Labute approximate surface area is 434 Å². The average Bonchev–Trinajstić information content (AvgIpc) is 3.37. The molecule has 9 nitrogen and oxygen atoms in total. The standard InChI is InChI=1S/C62H107NO8/c1-3-5-7-9-11-12-13-14-15-16-17-18-19-20-21-22-23-24-25-26-27-28-29-30-31-32-33-34-35-36-37-38-39-40-41-42-43-44-46-48-50-52-58(66)63-55(56(65)51-49-47-45-10-8-6-4-2)54-70-62-61(69)60(68)59(67)57(53-64)71-62/h5,7-8,10-12,14-15,17-18,20-21,23-24,49,51,55-57,59-62,64-65,67-69H,3-4,6,9,13,16,19,22,25-48,50,52-54H2,1-2H3,(H,63,66)/b7-5-,10-8+,12-11-,15-14-,18-17-,21-20-,24-23-,51-49+. The summed E-state index contributed by atoms with van der Waals surface area (Å²) in [5.74, 6) is -0.192. The zero-order valence-corrected chi connectivity index (χ0v) is 45.2. The number of carbonyl (C=O) groups is 1. The number of aliphatic hydroxyl groups is 5. The molecule has 1 fully saturated rings. The largest absolute Gasteiger partial charge is 0.394 e. The molecule has 1 heterocycles. The highest BCUT2D eigenvalue weighted by Gasteiger charge is 2.44. The Hall–Kier alpha value is -2.89. The quantitative estimate of drug-likeness (QED) is 0.0261. The van der Waals surface area contributed by atoms with Gasteiger partial charge in [-0.1, -0.05) is 246 Å². The molecule has 7 unspecified atom stereocenters. The minimum atomic E-state index is -1.57. The Kier molecular flexibility index (Phi) is 47.2. The number of hydrogen-bond acceptors (Lipinski definition) is 8. The van der Waals surface area contributed by atoms with Crippen molar-refractivity contribution in [3.63, 3.8) is 0 Å². The van der Waals surface area contributed by atoms with Crippen molar-refractivity contribution < 1.29 is 39.8 Å². The first kappa shape index (κ1) is 66.1. The zero-order chi connectivity index (χ0) is 51.5. The van der Waals surface area contributed by atoms with Crippen LogP contribution in [0.4, 0.5) is 0 Å². The van der Waals surface area contributed by atoms with Crippen molar-refractivity contribution in [2.75, 3.05) is 13.2 Å². The SMILES string of the molecule is CC/C=C\C/C=C\C/C=C\C/C=C\C/C=C\C/C=C\CCCCCCCCCCCCCCCCCCCCCCCCC(=O)NC(COC1OC(CO)C(O)C(O)C1O)C(O)/C=C/CC/C=C/CCC. The Morgan fingerprint density at radius 1 is 0.493 bits per heavy atom. The van der Waals surface area contributed by atoms with Crippen LogP contribution in [-0.4, -0.2) is 87.5 Å². The second kappa shape index (κ2) is 50.6. The maximum Gasteiger partial charge on any atom is 0.220 e. The van der Waals surface area contributed by atoms with E-state index in [1.807, 2.05) is 6.08 Å². The van der Waals surface area contributed by atoms with Gasteiger partial charge in [0.2, 0.25) is 5.91 Å². The first-order valence-corrected chi connectivity index (χ1v) is 29.0. The van der Waals surface area contributed by atoms with Crippen LogP contribution in [0.1, 0.15) is 232 Å². The summed E-state index contributed by atoms with van der Waals surface area (Å²) in [6, 6.07) is -0.820. The first-order chi connectivity index (χ1) is 34.8. The molecule has 0 saturated carbocycles. The minimum absolute atomic E-state index is 0.192. The molecule has 0 bridgehead atoms. The smallest absolute Gasteiger partial charge is 0.220 e. The van der Waals surface area contributed by atoms with E-state index >= 15 is 0 Å². The fraction of sp³-hybridized carbons (Fsp3) is 0.726. The highest BCUT2D eigenvalue weighted by atomic mass is 16.7. The van der Waals surface area contributed by atoms with Gasteiger partial charge in [0, 0.05) is 6.42 Å². The van der Waals surface area contributed by atoms with E-state index in [1.165, 1.54) is 128 Å². The topological polar surface area (TPSA) is 149 Å². The van der Waals surface area contributed by atoms with Crippen LogP contribution in [0.5, 0.6) is 0 Å². The van der Waals surface area contributed by atoms with E-state index in [2.05, 4.69) is 104 Å². The highest BCUT2D eigenvalue weighted by molar-refractivity contribution is 5.76. The summed E-state index contributed by atoms with van der Waals surface area (Å²) in [4.78, 5) is 12.9. The summed E-state index contributed by atoms with van der Waals surface area (Å²) in [6.45, 7) is 3.53. The van der Waals surface area contributed by atoms with Gasteiger partial charge in [0.05, 0.1) is 25.4 Å². The lowest BCUT2D eigenvalue weighted by molar-refractivity contribution is -0.302. The van der Waals surface area contributed by atoms with Gasteiger partial charge in [-0.15, -0.1) is 0 Å². The van der Waals surface area contributed by atoms with Crippen molar-refractivity contribution in [2.45, 2.75) is 275 Å². The molecule has 0 aromatic heterocycles. The second-order valence-corrected chi connectivity index (χ2v) is 19.7. The summed E-state index contributed by atoms with van der Waals surface area (Å²) in [6.07, 6.45) is 66.9. The van der Waals surface area contributed by atoms with E-state index < -0.39 is 49.5 Å². The lowest BCUT2D eigenvalue weighted by Gasteiger charge is -2.40. The van der Waals surface area contributed by atoms with Gasteiger partial charge in [-0.25, -0.2) is 0 Å². The molecule has 71 heavy (non-hydrogen) atoms. The number of unbranched alkanes of at least 4 members (excludes halogenated alkanes) is 24. The van der Waals surface area contributed by atoms with Crippen LogP contribution in [0, 0.1) is 0 Å². The third-order valence-electron chi connectivity index (χ3n) is 13.1. The van der Waals surface area contributed by atoms with Crippen molar-refractivity contribution in [3.8, 4) is 0 Å². The van der Waals surface area contributed by atoms with Gasteiger partial charge >= 0.3 is 0 Å². The van der Waals surface area contributed by atoms with Gasteiger partial charge in [0.1, 0.15) is 24.4 Å². The molecule has 408 valence electrons. The third kappa shape index (κ3) is 40.2. The lowest BCUT2D eigenvalue weighted by atomic mass is 9.99. The van der Waals surface area contributed by atoms with E-state index in [0.29, 0.717) is 6.42 Å². The van der Waals surface area contributed by atoms with Gasteiger partial charge in [0.15, 0.2) is 6.29 Å². The van der Waals surface area contributed by atoms with Crippen LogP contribution in [0.3, 0.4) is 0 Å². The third-order valence-corrected chi connectivity index (χ3v) is 13.1. The number of nitrogens with one attached hydrogen (secondary N) is 1. The molecule has 1 amide bonds. The number of ether oxygens (including phenoxy) is 2. The summed E-state index contributed by atoms with van der Waals surface area (Å²) in [7, 11) is 0. The van der Waals surface area contributed by atoms with Crippen LogP contribution in [0.2, 0.25) is 0 Å². The van der Waals surface area contributed by atoms with Gasteiger partial charge in [-0.3, -0.25) is 4.79 Å². The second-order valence-electron chi connectivity index (χ2n) is 19.7. The van der Waals surface area contributed by atoms with E-state index in [-0.39, 0.29) is 12.5 Å². The summed E-state index contributed by atoms with van der Waals surface area (Å²) in [5.41, 5.74) is 0. The molecule has 9 heteroatoms. The maximum absolute atomic E-state index is 12.9. The fourth-order valence-corrected chi connectivity index (χ4v) is 8.60. The Balaban J connectivity index is 1.98. The monoisotopic (exact) mass is 994 g/mol. The average molecular weight is 995 g/mol. The van der Waals surface area contributed by atoms with Gasteiger partial charge in [-0.2, -0.15) is 0 Å². The number of aliphatic hydroxyl groups excluding tert-OH is 5. The van der Waals surface area contributed by atoms with E-state index in [1.54, 1.807) is 6.08 Å². The van der Waals surface area contributed by atoms with Crippen molar-refractivity contribution in [1.29, 1.82) is 0 Å². The molecule has 0 radical (unpaired) electrons. The van der Waals surface area contributed by atoms with E-state index in [4.69, 9.17) is 9.47 Å². The summed E-state index contributed by atoms with van der Waals surface area (Å²) < 4.78 is 11.2. The maximum atomic E-state index is 12.9. The zero-order valence-electron chi connectivity index (χ0n) is 45.2. The van der Waals surface area contributed by atoms with Gasteiger partial charge < -0.3 is 40.3 Å². The Morgan fingerprint density at radius 3 is 1.34 bits per heavy atom. The summed E-state index contributed by atoms with van der Waals surface area (Å²) in [5, 5.41) is 54.0. The number of carbonyl (C=O) groups excluding carboxylic acids is 1. The molecular weight excluding hydrogens is 887 g/mol. The van der Waals surface area contributed by atoms with Crippen molar-refractivity contribution in [2.24, 2.45) is 0 Å². The van der Waals surface area contributed by atoms with E-state index in [9.17, 15) is 30.3 Å². The van der Waals surface area contributed by atoms with Gasteiger partial charge in [-0.05, 0) is 77.0 Å². The fourth-order valence-electron chi connectivity index (χ4n) is 8.60. The molecule has 6 N–H and O–H groups in total. The number of amides is 1. The van der Waals surface area contributed by atoms with Crippen LogP contribution >= 0.6 is 0 Å². The molecule has 1 saturated heterocycles. The molecule has 1 rings (SSSR count). The number of allylic oxidation sites excluding steroid dienone is 15. The normalized spacial score (nSPS) is 20.0. The van der Waals surface area contributed by atoms with Crippen molar-refractivity contribution in [1.82, 2.24) is 5.32 Å². The van der Waals surface area contributed by atoms with Crippen LogP contribution < -0.4 is 5.32 Å². The molecule has 7 atom stereocenters. The van der Waals surface area contributed by atoms with E-state index in [0.717, 1.165) is 83.5 Å². The molecule has 1 aliphatic rings. The lowest BCUT2D eigenvalue weighted by Crippen LogP contribution is -2.60. The Bertz CT molecular complexity index is 1430. The van der Waals surface area contributed by atoms with Gasteiger partial charge in [0.25, 0.3) is 0 Å². The number of hydrogen-bond donors (Lipinski definition) is 6. The Morgan fingerprint density at radius 2 is 0.887 bits per heavy atom. The van der Waals surface area contributed by atoms with Crippen LogP contribution in [0.25, 0.3) is 0 Å². The van der Waals surface area contributed by atoms with Crippen LogP contribution in [0.15, 0.2) is 97.2 Å².